The van der Waals surface area contributed by atoms with Crippen molar-refractivity contribution in [2.24, 2.45) is 0 Å². The van der Waals surface area contributed by atoms with Gasteiger partial charge in [-0.05, 0) is 66.7 Å². The highest BCUT2D eigenvalue weighted by Gasteiger charge is 2.16. The van der Waals surface area contributed by atoms with Crippen molar-refractivity contribution < 1.29 is 23.6 Å². The Kier molecular flexibility index (Phi) is 10.2. The van der Waals surface area contributed by atoms with Crippen molar-refractivity contribution in [3.63, 3.8) is 0 Å². The summed E-state index contributed by atoms with van der Waals surface area (Å²) in [6.07, 6.45) is 1.27. The van der Waals surface area contributed by atoms with Gasteiger partial charge in [0, 0.05) is 40.0 Å². The first-order valence-electron chi connectivity index (χ1n) is 12.8. The molecular weight excluding hydrogens is 555 g/mol. The molecule has 0 atom stereocenters. The van der Waals surface area contributed by atoms with E-state index in [1.54, 1.807) is 84.9 Å². The molecule has 0 bridgehead atoms. The van der Waals surface area contributed by atoms with Crippen molar-refractivity contribution in [3.05, 3.63) is 126 Å². The fourth-order valence-electron chi connectivity index (χ4n) is 3.74. The predicted octanol–water partition coefficient (Wildman–Crippen LogP) is 5.92. The van der Waals surface area contributed by atoms with Crippen LogP contribution in [0.4, 0.5) is 21.5 Å². The Labute approximate surface area is 246 Å². The van der Waals surface area contributed by atoms with E-state index < -0.39 is 17.6 Å². The van der Waals surface area contributed by atoms with Gasteiger partial charge in [-0.25, -0.2) is 4.39 Å². The van der Waals surface area contributed by atoms with Crippen molar-refractivity contribution in [1.82, 2.24) is 5.32 Å². The van der Waals surface area contributed by atoms with Gasteiger partial charge in [0.05, 0.1) is 5.75 Å². The molecule has 0 aromatic heterocycles. The van der Waals surface area contributed by atoms with Crippen LogP contribution < -0.4 is 21.3 Å². The molecule has 10 heteroatoms. The van der Waals surface area contributed by atoms with Crippen LogP contribution in [-0.2, 0) is 14.4 Å². The molecular formula is C32H27FN4O4S. The van der Waals surface area contributed by atoms with Gasteiger partial charge >= 0.3 is 0 Å². The third-order valence-electron chi connectivity index (χ3n) is 5.68. The minimum absolute atomic E-state index is 0.108. The average Bonchev–Trinajstić information content (AvgIpc) is 2.98. The summed E-state index contributed by atoms with van der Waals surface area (Å²) in [5.74, 6) is -2.02. The van der Waals surface area contributed by atoms with Gasteiger partial charge in [0.2, 0.25) is 11.8 Å². The quantitative estimate of drug-likeness (QED) is 0.137. The number of nitrogens with one attached hydrogen (secondary N) is 4. The Morgan fingerprint density at radius 1 is 0.738 bits per heavy atom. The van der Waals surface area contributed by atoms with E-state index in [4.69, 9.17) is 0 Å². The second-order valence-corrected chi connectivity index (χ2v) is 10.0. The topological polar surface area (TPSA) is 116 Å². The molecule has 4 N–H and O–H groups in total. The van der Waals surface area contributed by atoms with Crippen molar-refractivity contribution in [3.8, 4) is 0 Å². The minimum Gasteiger partial charge on any atom is -0.326 e. The molecule has 0 unspecified atom stereocenters. The van der Waals surface area contributed by atoms with E-state index in [0.717, 1.165) is 4.90 Å². The minimum atomic E-state index is -0.648. The van der Waals surface area contributed by atoms with Gasteiger partial charge in [0.1, 0.15) is 11.5 Å². The van der Waals surface area contributed by atoms with Crippen LogP contribution in [0.5, 0.6) is 0 Å². The van der Waals surface area contributed by atoms with Crippen molar-refractivity contribution >= 4 is 58.5 Å². The van der Waals surface area contributed by atoms with Crippen LogP contribution in [-0.4, -0.2) is 29.4 Å². The number of benzene rings is 4. The average molecular weight is 583 g/mol. The third kappa shape index (κ3) is 8.90. The number of carbonyl (C=O) groups is 4. The molecule has 8 nitrogen and oxygen atoms in total. The number of hydrogen-bond acceptors (Lipinski definition) is 5. The van der Waals surface area contributed by atoms with Gasteiger partial charge < -0.3 is 21.3 Å². The third-order valence-corrected chi connectivity index (χ3v) is 6.68. The Hall–Kier alpha value is -5.22. The number of hydrogen-bond donors (Lipinski definition) is 4. The van der Waals surface area contributed by atoms with E-state index in [-0.39, 0.29) is 28.8 Å². The highest BCUT2D eigenvalue weighted by atomic mass is 32.2. The van der Waals surface area contributed by atoms with E-state index in [1.807, 2.05) is 0 Å². The van der Waals surface area contributed by atoms with Crippen LogP contribution in [0.15, 0.2) is 114 Å². The van der Waals surface area contributed by atoms with Gasteiger partial charge in [-0.2, -0.15) is 0 Å². The zero-order valence-electron chi connectivity index (χ0n) is 22.5. The monoisotopic (exact) mass is 582 g/mol. The molecule has 0 aliphatic rings. The first-order valence-corrected chi connectivity index (χ1v) is 13.8. The van der Waals surface area contributed by atoms with Crippen LogP contribution in [0.3, 0.4) is 0 Å². The first kappa shape index (κ1) is 29.8. The van der Waals surface area contributed by atoms with Crippen molar-refractivity contribution in [2.45, 2.75) is 11.8 Å². The van der Waals surface area contributed by atoms with E-state index in [1.165, 1.54) is 43.0 Å². The molecule has 0 spiro atoms. The Bertz CT molecular complexity index is 1630. The molecule has 0 aliphatic heterocycles. The molecule has 0 radical (unpaired) electrons. The maximum Gasteiger partial charge on any atom is 0.272 e. The van der Waals surface area contributed by atoms with Gasteiger partial charge in [-0.1, -0.05) is 42.5 Å². The highest BCUT2D eigenvalue weighted by molar-refractivity contribution is 8.00. The molecule has 4 amide bonds. The molecule has 212 valence electrons. The molecule has 0 aliphatic carbocycles. The zero-order chi connectivity index (χ0) is 29.9. The first-order chi connectivity index (χ1) is 20.3. The molecule has 0 fully saturated rings. The number of halogens is 1. The van der Waals surface area contributed by atoms with Crippen molar-refractivity contribution in [1.29, 1.82) is 0 Å². The lowest BCUT2D eigenvalue weighted by atomic mass is 10.1. The zero-order valence-corrected chi connectivity index (χ0v) is 23.3. The van der Waals surface area contributed by atoms with E-state index in [2.05, 4.69) is 21.3 Å². The number of thioether (sulfide) groups is 1. The Morgan fingerprint density at radius 2 is 1.40 bits per heavy atom. The molecule has 4 aromatic carbocycles. The summed E-state index contributed by atoms with van der Waals surface area (Å²) >= 11 is 1.27. The second-order valence-electron chi connectivity index (χ2n) is 8.98. The second kappa shape index (κ2) is 14.4. The predicted molar refractivity (Wildman–Crippen MR) is 163 cm³/mol. The number of anilines is 3. The highest BCUT2D eigenvalue weighted by Crippen LogP contribution is 2.23. The van der Waals surface area contributed by atoms with Crippen LogP contribution in [0.1, 0.15) is 22.8 Å². The Balaban J connectivity index is 1.41. The summed E-state index contributed by atoms with van der Waals surface area (Å²) in [5, 5.41) is 10.8. The summed E-state index contributed by atoms with van der Waals surface area (Å²) in [6, 6.07) is 27.9. The normalized spacial score (nSPS) is 10.9. The summed E-state index contributed by atoms with van der Waals surface area (Å²) in [7, 11) is 0. The standard InChI is InChI=1S/C32H27FN4O4S/c1-21(38)34-24-14-16-25(17-15-24)35-30(39)20-42-27-12-7-11-26(19-27)36-32(41)29(18-23-10-5-6-13-28(23)33)37-31(40)22-8-3-2-4-9-22/h2-19H,20H2,1H3,(H,34,38)(H,35,39)(H,36,41)(H,37,40)/b29-18-. The fourth-order valence-corrected chi connectivity index (χ4v) is 4.49. The van der Waals surface area contributed by atoms with E-state index in [9.17, 15) is 23.6 Å². The van der Waals surface area contributed by atoms with Gasteiger partial charge in [-0.3, -0.25) is 19.2 Å². The molecule has 0 saturated carbocycles. The number of rotatable bonds is 10. The lowest BCUT2D eigenvalue weighted by molar-refractivity contribution is -0.114. The largest absolute Gasteiger partial charge is 0.326 e. The summed E-state index contributed by atoms with van der Waals surface area (Å²) in [6.45, 7) is 1.42. The molecule has 0 heterocycles. The van der Waals surface area contributed by atoms with E-state index in [0.29, 0.717) is 22.6 Å². The Morgan fingerprint density at radius 3 is 2.10 bits per heavy atom. The number of carbonyl (C=O) groups excluding carboxylic acids is 4. The van der Waals surface area contributed by atoms with Gasteiger partial charge in [0.25, 0.3) is 11.8 Å². The SMILES string of the molecule is CC(=O)Nc1ccc(NC(=O)CSc2cccc(NC(=O)/C(=C/c3ccccc3F)NC(=O)c3ccccc3)c2)cc1. The van der Waals surface area contributed by atoms with Crippen LogP contribution >= 0.6 is 11.8 Å². The lowest BCUT2D eigenvalue weighted by Gasteiger charge is -2.12. The van der Waals surface area contributed by atoms with Crippen LogP contribution in [0.25, 0.3) is 6.08 Å². The van der Waals surface area contributed by atoms with Crippen molar-refractivity contribution in [2.75, 3.05) is 21.7 Å². The van der Waals surface area contributed by atoms with Gasteiger partial charge in [-0.15, -0.1) is 11.8 Å². The smallest absolute Gasteiger partial charge is 0.272 e. The number of amides is 4. The van der Waals surface area contributed by atoms with Crippen LogP contribution in [0, 0.1) is 5.82 Å². The molecule has 0 saturated heterocycles. The maximum absolute atomic E-state index is 14.4. The van der Waals surface area contributed by atoms with Crippen LogP contribution in [0.2, 0.25) is 0 Å². The molecule has 4 aromatic rings. The van der Waals surface area contributed by atoms with E-state index >= 15 is 0 Å². The lowest BCUT2D eigenvalue weighted by Crippen LogP contribution is -2.30. The molecule has 4 rings (SSSR count). The fraction of sp³-hybridized carbons (Fsp3) is 0.0625. The maximum atomic E-state index is 14.4. The summed E-state index contributed by atoms with van der Waals surface area (Å²) in [4.78, 5) is 50.4. The van der Waals surface area contributed by atoms with Gasteiger partial charge in [0.15, 0.2) is 0 Å². The summed E-state index contributed by atoms with van der Waals surface area (Å²) in [5.41, 5.74) is 1.96. The molecule has 42 heavy (non-hydrogen) atoms. The summed E-state index contributed by atoms with van der Waals surface area (Å²) < 4.78 is 14.4.